The molecule has 0 saturated heterocycles. The number of benzene rings is 2. The number of hydrogen-bond donors (Lipinski definition) is 0. The van der Waals surface area contributed by atoms with Crippen molar-refractivity contribution >= 4 is 11.6 Å². The van der Waals surface area contributed by atoms with Crippen molar-refractivity contribution < 1.29 is 4.74 Å². The van der Waals surface area contributed by atoms with Crippen LogP contribution in [0.1, 0.15) is 18.6 Å². The van der Waals surface area contributed by atoms with Crippen LogP contribution in [0.2, 0.25) is 5.02 Å². The highest BCUT2D eigenvalue weighted by molar-refractivity contribution is 6.32. The molecule has 2 aromatic rings. The summed E-state index contributed by atoms with van der Waals surface area (Å²) in [5, 5.41) is 0.635. The van der Waals surface area contributed by atoms with Crippen molar-refractivity contribution in [1.29, 1.82) is 0 Å². The summed E-state index contributed by atoms with van der Waals surface area (Å²) < 4.78 is 5.89. The smallest absolute Gasteiger partial charge is 0.138 e. The lowest BCUT2D eigenvalue weighted by molar-refractivity contribution is 0.239. The Morgan fingerprint density at radius 1 is 1.00 bits per heavy atom. The molecule has 1 nitrogen and oxygen atoms in total. The van der Waals surface area contributed by atoms with E-state index < -0.39 is 0 Å². The number of halogens is 1. The second-order valence-corrected chi connectivity index (χ2v) is 4.12. The van der Waals surface area contributed by atoms with E-state index in [9.17, 15) is 0 Å². The number of rotatable bonds is 4. The maximum atomic E-state index is 6.07. The Morgan fingerprint density at radius 3 is 2.29 bits per heavy atom. The fraction of sp³-hybridized carbons (Fsp3) is 0.133. The minimum atomic E-state index is -0.0731. The van der Waals surface area contributed by atoms with Crippen molar-refractivity contribution in [2.24, 2.45) is 0 Å². The fourth-order valence-corrected chi connectivity index (χ4v) is 1.83. The monoisotopic (exact) mass is 245 g/mol. The SMILES string of the molecule is C[CH][C@H](Oc1ccccc1Cl)c1ccccc1. The highest BCUT2D eigenvalue weighted by atomic mass is 35.5. The van der Waals surface area contributed by atoms with E-state index in [-0.39, 0.29) is 6.10 Å². The van der Waals surface area contributed by atoms with Crippen molar-refractivity contribution in [2.75, 3.05) is 0 Å². The predicted molar refractivity (Wildman–Crippen MR) is 71.2 cm³/mol. The first-order valence-corrected chi connectivity index (χ1v) is 5.94. The van der Waals surface area contributed by atoms with Gasteiger partial charge in [0.15, 0.2) is 0 Å². The van der Waals surface area contributed by atoms with Crippen LogP contribution in [-0.4, -0.2) is 0 Å². The number of ether oxygens (including phenoxy) is 1. The van der Waals surface area contributed by atoms with Crippen molar-refractivity contribution in [3.8, 4) is 5.75 Å². The molecule has 2 rings (SSSR count). The quantitative estimate of drug-likeness (QED) is 0.760. The van der Waals surface area contributed by atoms with E-state index in [1.807, 2.05) is 67.9 Å². The van der Waals surface area contributed by atoms with Gasteiger partial charge >= 0.3 is 0 Å². The summed E-state index contributed by atoms with van der Waals surface area (Å²) >= 11 is 6.07. The molecule has 0 unspecified atom stereocenters. The Balaban J connectivity index is 2.19. The lowest BCUT2D eigenvalue weighted by Crippen LogP contribution is -2.07. The molecule has 0 aliphatic rings. The van der Waals surface area contributed by atoms with Crippen LogP contribution in [0.4, 0.5) is 0 Å². The van der Waals surface area contributed by atoms with Gasteiger partial charge in [0.1, 0.15) is 11.9 Å². The Hall–Kier alpha value is -1.47. The second kappa shape index (κ2) is 5.74. The zero-order valence-electron chi connectivity index (χ0n) is 9.64. The zero-order chi connectivity index (χ0) is 12.1. The summed E-state index contributed by atoms with van der Waals surface area (Å²) in [5.41, 5.74) is 1.12. The summed E-state index contributed by atoms with van der Waals surface area (Å²) in [4.78, 5) is 0. The minimum absolute atomic E-state index is 0.0731. The lowest BCUT2D eigenvalue weighted by atomic mass is 10.1. The molecule has 0 aliphatic heterocycles. The average Bonchev–Trinajstić information content (AvgIpc) is 2.39. The summed E-state index contributed by atoms with van der Waals surface area (Å²) in [7, 11) is 0. The highest BCUT2D eigenvalue weighted by Crippen LogP contribution is 2.29. The molecule has 0 aromatic heterocycles. The molecular formula is C15H14ClO. The van der Waals surface area contributed by atoms with E-state index in [0.29, 0.717) is 10.8 Å². The molecule has 0 spiro atoms. The van der Waals surface area contributed by atoms with Gasteiger partial charge in [-0.05, 0) is 17.7 Å². The molecule has 0 bridgehead atoms. The Labute approximate surface area is 107 Å². The Bertz CT molecular complexity index is 467. The van der Waals surface area contributed by atoms with Gasteiger partial charge in [-0.1, -0.05) is 61.0 Å². The molecule has 87 valence electrons. The first-order chi connectivity index (χ1) is 8.31. The van der Waals surface area contributed by atoms with Crippen molar-refractivity contribution in [2.45, 2.75) is 13.0 Å². The molecule has 0 heterocycles. The van der Waals surface area contributed by atoms with Crippen LogP contribution in [0.15, 0.2) is 54.6 Å². The number of para-hydroxylation sites is 1. The van der Waals surface area contributed by atoms with Gasteiger partial charge in [0.25, 0.3) is 0 Å². The van der Waals surface area contributed by atoms with Crippen molar-refractivity contribution in [1.82, 2.24) is 0 Å². The molecule has 1 radical (unpaired) electrons. The van der Waals surface area contributed by atoms with E-state index >= 15 is 0 Å². The molecule has 1 atom stereocenters. The van der Waals surface area contributed by atoms with Crippen LogP contribution in [0.3, 0.4) is 0 Å². The van der Waals surface area contributed by atoms with Crippen LogP contribution < -0.4 is 4.74 Å². The minimum Gasteiger partial charge on any atom is -0.484 e. The van der Waals surface area contributed by atoms with E-state index in [4.69, 9.17) is 16.3 Å². The zero-order valence-corrected chi connectivity index (χ0v) is 10.4. The predicted octanol–water partition coefficient (Wildman–Crippen LogP) is 4.68. The Morgan fingerprint density at radius 2 is 1.65 bits per heavy atom. The molecule has 0 amide bonds. The van der Waals surface area contributed by atoms with Crippen LogP contribution in [0.25, 0.3) is 0 Å². The molecule has 0 saturated carbocycles. The normalized spacial score (nSPS) is 12.1. The van der Waals surface area contributed by atoms with Crippen LogP contribution >= 0.6 is 11.6 Å². The average molecular weight is 246 g/mol. The lowest BCUT2D eigenvalue weighted by Gasteiger charge is -2.18. The van der Waals surface area contributed by atoms with Crippen LogP contribution in [0, 0.1) is 6.42 Å². The van der Waals surface area contributed by atoms with Gasteiger partial charge in [-0.3, -0.25) is 0 Å². The van der Waals surface area contributed by atoms with Gasteiger partial charge in [0.2, 0.25) is 0 Å². The van der Waals surface area contributed by atoms with Crippen molar-refractivity contribution in [3.63, 3.8) is 0 Å². The first kappa shape index (κ1) is 12.0. The van der Waals surface area contributed by atoms with Gasteiger partial charge in [-0.25, -0.2) is 0 Å². The third-order valence-electron chi connectivity index (χ3n) is 2.52. The Kier molecular flexibility index (Phi) is 4.05. The second-order valence-electron chi connectivity index (χ2n) is 3.71. The third-order valence-corrected chi connectivity index (χ3v) is 2.83. The molecule has 0 aliphatic carbocycles. The van der Waals surface area contributed by atoms with Crippen molar-refractivity contribution in [3.05, 3.63) is 71.6 Å². The standard InChI is InChI=1S/C15H14ClO/c1-2-14(12-8-4-3-5-9-12)17-15-11-7-6-10-13(15)16/h2-11,14H,1H3/t14-/m0/s1. The number of hydrogen-bond acceptors (Lipinski definition) is 1. The summed E-state index contributed by atoms with van der Waals surface area (Å²) in [6.07, 6.45) is 1.94. The van der Waals surface area contributed by atoms with Crippen LogP contribution in [-0.2, 0) is 0 Å². The third kappa shape index (κ3) is 3.01. The molecule has 2 heteroatoms. The largest absolute Gasteiger partial charge is 0.484 e. The van der Waals surface area contributed by atoms with Gasteiger partial charge < -0.3 is 4.74 Å². The molecule has 17 heavy (non-hydrogen) atoms. The topological polar surface area (TPSA) is 9.23 Å². The van der Waals surface area contributed by atoms with Gasteiger partial charge in [-0.2, -0.15) is 0 Å². The first-order valence-electron chi connectivity index (χ1n) is 5.57. The molecule has 0 N–H and O–H groups in total. The van der Waals surface area contributed by atoms with Gasteiger partial charge in [-0.15, -0.1) is 0 Å². The van der Waals surface area contributed by atoms with Gasteiger partial charge in [0.05, 0.1) is 5.02 Å². The fourth-order valence-electron chi connectivity index (χ4n) is 1.65. The van der Waals surface area contributed by atoms with E-state index in [1.54, 1.807) is 0 Å². The maximum absolute atomic E-state index is 6.07. The molecular weight excluding hydrogens is 232 g/mol. The van der Waals surface area contributed by atoms with E-state index in [2.05, 4.69) is 0 Å². The highest BCUT2D eigenvalue weighted by Gasteiger charge is 2.12. The maximum Gasteiger partial charge on any atom is 0.138 e. The summed E-state index contributed by atoms with van der Waals surface area (Å²) in [5.74, 6) is 0.709. The van der Waals surface area contributed by atoms with Crippen LogP contribution in [0.5, 0.6) is 5.75 Å². The summed E-state index contributed by atoms with van der Waals surface area (Å²) in [6, 6.07) is 17.6. The molecule has 2 aromatic carbocycles. The van der Waals surface area contributed by atoms with E-state index in [1.165, 1.54) is 0 Å². The summed E-state index contributed by atoms with van der Waals surface area (Å²) in [6.45, 7) is 1.98. The van der Waals surface area contributed by atoms with E-state index in [0.717, 1.165) is 5.56 Å². The van der Waals surface area contributed by atoms with Gasteiger partial charge in [0, 0.05) is 6.42 Å². The molecule has 0 fully saturated rings.